The van der Waals surface area contributed by atoms with Crippen molar-refractivity contribution in [3.8, 4) is 0 Å². The summed E-state index contributed by atoms with van der Waals surface area (Å²) in [5.41, 5.74) is 3.73. The molecule has 1 aromatic rings. The molecule has 0 radical (unpaired) electrons. The molecule has 0 saturated carbocycles. The van der Waals surface area contributed by atoms with Gasteiger partial charge >= 0.3 is 5.97 Å². The molecule has 0 fully saturated rings. The van der Waals surface area contributed by atoms with Crippen LogP contribution in [0, 0.1) is 19.8 Å². The van der Waals surface area contributed by atoms with Gasteiger partial charge in [-0.3, -0.25) is 10.1 Å². The number of benzene rings is 1. The minimum Gasteiger partial charge on any atom is -0.468 e. The summed E-state index contributed by atoms with van der Waals surface area (Å²) in [6, 6.07) is 6.28. The Kier molecular flexibility index (Phi) is 6.21. The monoisotopic (exact) mass is 277 g/mol. The summed E-state index contributed by atoms with van der Waals surface area (Å²) < 4.78 is 4.90. The van der Waals surface area contributed by atoms with Crippen LogP contribution in [-0.2, 0) is 9.53 Å². The SMILES string of the molecule is COC(=O)C(CC(C)C)NC(C)c1ccc(C)cc1C. The molecule has 1 rings (SSSR count). The van der Waals surface area contributed by atoms with Crippen LogP contribution >= 0.6 is 0 Å². The van der Waals surface area contributed by atoms with Crippen molar-refractivity contribution < 1.29 is 9.53 Å². The van der Waals surface area contributed by atoms with E-state index in [1.165, 1.54) is 23.8 Å². The number of hydrogen-bond donors (Lipinski definition) is 1. The summed E-state index contributed by atoms with van der Waals surface area (Å²) in [6.07, 6.45) is 0.780. The maximum atomic E-state index is 11.9. The first-order chi connectivity index (χ1) is 9.35. The van der Waals surface area contributed by atoms with Gasteiger partial charge < -0.3 is 4.74 Å². The van der Waals surface area contributed by atoms with Gasteiger partial charge in [0, 0.05) is 6.04 Å². The molecule has 0 aliphatic heterocycles. The van der Waals surface area contributed by atoms with Crippen molar-refractivity contribution in [1.29, 1.82) is 0 Å². The fourth-order valence-corrected chi connectivity index (χ4v) is 2.55. The first-order valence-corrected chi connectivity index (χ1v) is 7.26. The maximum Gasteiger partial charge on any atom is 0.322 e. The van der Waals surface area contributed by atoms with Crippen molar-refractivity contribution in [1.82, 2.24) is 5.32 Å². The summed E-state index contributed by atoms with van der Waals surface area (Å²) in [7, 11) is 1.44. The summed E-state index contributed by atoms with van der Waals surface area (Å²) in [4.78, 5) is 11.9. The summed E-state index contributed by atoms with van der Waals surface area (Å²) in [6.45, 7) is 10.5. The van der Waals surface area contributed by atoms with Crippen molar-refractivity contribution in [2.45, 2.75) is 53.1 Å². The van der Waals surface area contributed by atoms with Crippen LogP contribution in [0.3, 0.4) is 0 Å². The summed E-state index contributed by atoms with van der Waals surface area (Å²) in [5, 5.41) is 3.40. The van der Waals surface area contributed by atoms with E-state index in [2.05, 4.69) is 58.1 Å². The zero-order valence-corrected chi connectivity index (χ0v) is 13.5. The number of carbonyl (C=O) groups excluding carboxylic acids is 1. The largest absolute Gasteiger partial charge is 0.468 e. The second kappa shape index (κ2) is 7.44. The first-order valence-electron chi connectivity index (χ1n) is 7.26. The molecule has 0 saturated heterocycles. The Morgan fingerprint density at radius 1 is 1.25 bits per heavy atom. The Morgan fingerprint density at radius 3 is 2.40 bits per heavy atom. The molecule has 0 aliphatic carbocycles. The number of nitrogens with one attached hydrogen (secondary N) is 1. The van der Waals surface area contributed by atoms with E-state index in [0.717, 1.165) is 6.42 Å². The summed E-state index contributed by atoms with van der Waals surface area (Å²) in [5.74, 6) is 0.258. The normalized spacial score (nSPS) is 14.2. The van der Waals surface area contributed by atoms with E-state index in [9.17, 15) is 4.79 Å². The topological polar surface area (TPSA) is 38.3 Å². The van der Waals surface area contributed by atoms with Gasteiger partial charge in [-0.2, -0.15) is 0 Å². The van der Waals surface area contributed by atoms with Gasteiger partial charge in [0.1, 0.15) is 6.04 Å². The highest BCUT2D eigenvalue weighted by Gasteiger charge is 2.23. The highest BCUT2D eigenvalue weighted by atomic mass is 16.5. The van der Waals surface area contributed by atoms with Crippen LogP contribution in [0.25, 0.3) is 0 Å². The van der Waals surface area contributed by atoms with E-state index in [1.807, 2.05) is 0 Å². The molecule has 3 nitrogen and oxygen atoms in total. The van der Waals surface area contributed by atoms with Crippen LogP contribution in [-0.4, -0.2) is 19.1 Å². The van der Waals surface area contributed by atoms with E-state index in [0.29, 0.717) is 5.92 Å². The highest BCUT2D eigenvalue weighted by molar-refractivity contribution is 5.75. The number of esters is 1. The molecule has 0 amide bonds. The Labute approximate surface area is 122 Å². The molecule has 3 heteroatoms. The molecule has 20 heavy (non-hydrogen) atoms. The average Bonchev–Trinajstić information content (AvgIpc) is 2.36. The predicted molar refractivity (Wildman–Crippen MR) is 82.7 cm³/mol. The molecule has 0 spiro atoms. The Hall–Kier alpha value is -1.35. The van der Waals surface area contributed by atoms with Crippen LogP contribution in [0.4, 0.5) is 0 Å². The van der Waals surface area contributed by atoms with Crippen molar-refractivity contribution >= 4 is 5.97 Å². The fourth-order valence-electron chi connectivity index (χ4n) is 2.55. The molecule has 2 unspecified atom stereocenters. The number of ether oxygens (including phenoxy) is 1. The number of aryl methyl sites for hydroxylation is 2. The summed E-state index contributed by atoms with van der Waals surface area (Å²) >= 11 is 0. The van der Waals surface area contributed by atoms with Gasteiger partial charge in [0.05, 0.1) is 7.11 Å². The van der Waals surface area contributed by atoms with Crippen LogP contribution in [0.15, 0.2) is 18.2 Å². The van der Waals surface area contributed by atoms with Gasteiger partial charge in [-0.05, 0) is 44.2 Å². The lowest BCUT2D eigenvalue weighted by Crippen LogP contribution is -2.40. The van der Waals surface area contributed by atoms with Gasteiger partial charge in [0.15, 0.2) is 0 Å². The Balaban J connectivity index is 2.84. The molecule has 112 valence electrons. The van der Waals surface area contributed by atoms with E-state index in [4.69, 9.17) is 4.74 Å². The lowest BCUT2D eigenvalue weighted by Gasteiger charge is -2.24. The lowest BCUT2D eigenvalue weighted by molar-refractivity contribution is -0.143. The van der Waals surface area contributed by atoms with E-state index < -0.39 is 0 Å². The number of methoxy groups -OCH3 is 1. The maximum absolute atomic E-state index is 11.9. The van der Waals surface area contributed by atoms with Gasteiger partial charge in [-0.1, -0.05) is 37.6 Å². The molecule has 1 N–H and O–H groups in total. The molecule has 0 heterocycles. The fraction of sp³-hybridized carbons (Fsp3) is 0.588. The quantitative estimate of drug-likeness (QED) is 0.808. The van der Waals surface area contributed by atoms with Gasteiger partial charge in [0.2, 0.25) is 0 Å². The van der Waals surface area contributed by atoms with Gasteiger partial charge in [0.25, 0.3) is 0 Å². The molecular formula is C17H27NO2. The van der Waals surface area contributed by atoms with Crippen molar-refractivity contribution in [2.75, 3.05) is 7.11 Å². The standard InChI is InChI=1S/C17H27NO2/c1-11(2)9-16(17(19)20-6)18-14(5)15-8-7-12(3)10-13(15)4/h7-8,10-11,14,16,18H,9H2,1-6H3. The minimum atomic E-state index is -0.254. The second-order valence-corrected chi connectivity index (χ2v) is 5.95. The zero-order chi connectivity index (χ0) is 15.3. The number of rotatable bonds is 6. The average molecular weight is 277 g/mol. The smallest absolute Gasteiger partial charge is 0.322 e. The number of hydrogen-bond acceptors (Lipinski definition) is 3. The van der Waals surface area contributed by atoms with E-state index >= 15 is 0 Å². The van der Waals surface area contributed by atoms with Crippen LogP contribution in [0.5, 0.6) is 0 Å². The van der Waals surface area contributed by atoms with Crippen molar-refractivity contribution in [3.05, 3.63) is 34.9 Å². The van der Waals surface area contributed by atoms with Crippen LogP contribution in [0.2, 0.25) is 0 Å². The molecular weight excluding hydrogens is 250 g/mol. The third-order valence-corrected chi connectivity index (χ3v) is 3.54. The van der Waals surface area contributed by atoms with Crippen LogP contribution < -0.4 is 5.32 Å². The highest BCUT2D eigenvalue weighted by Crippen LogP contribution is 2.20. The van der Waals surface area contributed by atoms with Crippen molar-refractivity contribution in [3.63, 3.8) is 0 Å². The predicted octanol–water partition coefficient (Wildman–Crippen LogP) is 3.54. The van der Waals surface area contributed by atoms with Gasteiger partial charge in [-0.25, -0.2) is 0 Å². The molecule has 0 aromatic heterocycles. The minimum absolute atomic E-state index is 0.124. The van der Waals surface area contributed by atoms with Gasteiger partial charge in [-0.15, -0.1) is 0 Å². The first kappa shape index (κ1) is 16.7. The third kappa shape index (κ3) is 4.64. The molecule has 2 atom stereocenters. The lowest BCUT2D eigenvalue weighted by atomic mass is 9.98. The van der Waals surface area contributed by atoms with Crippen molar-refractivity contribution in [2.24, 2.45) is 5.92 Å². The Morgan fingerprint density at radius 2 is 1.90 bits per heavy atom. The Bertz CT molecular complexity index is 454. The van der Waals surface area contributed by atoms with E-state index in [1.54, 1.807) is 0 Å². The van der Waals surface area contributed by atoms with Crippen LogP contribution in [0.1, 0.15) is 49.9 Å². The molecule has 1 aromatic carbocycles. The number of carbonyl (C=O) groups is 1. The molecule has 0 bridgehead atoms. The van der Waals surface area contributed by atoms with E-state index in [-0.39, 0.29) is 18.1 Å². The zero-order valence-electron chi connectivity index (χ0n) is 13.5. The second-order valence-electron chi connectivity index (χ2n) is 5.95. The third-order valence-electron chi connectivity index (χ3n) is 3.54. The molecule has 0 aliphatic rings.